The highest BCUT2D eigenvalue weighted by atomic mass is 79.9. The maximum absolute atomic E-state index is 13.1. The summed E-state index contributed by atoms with van der Waals surface area (Å²) in [5.41, 5.74) is 0.402. The fourth-order valence-corrected chi connectivity index (χ4v) is 2.04. The minimum Gasteiger partial charge on any atom is -0.310 e. The second kappa shape index (κ2) is 5.02. The van der Waals surface area contributed by atoms with Gasteiger partial charge >= 0.3 is 0 Å². The first-order valence-electron chi connectivity index (χ1n) is 4.87. The fourth-order valence-electron chi connectivity index (χ4n) is 1.48. The molecule has 0 radical (unpaired) electrons. The van der Waals surface area contributed by atoms with E-state index in [9.17, 15) is 9.18 Å². The minimum absolute atomic E-state index is 0.173. The van der Waals surface area contributed by atoms with Crippen molar-refractivity contribution in [1.82, 2.24) is 4.57 Å². The molecule has 2 aromatic rings. The lowest BCUT2D eigenvalue weighted by Crippen LogP contribution is -2.20. The molecule has 2 rings (SSSR count). The van der Waals surface area contributed by atoms with Crippen LogP contribution in [-0.2, 0) is 6.54 Å². The smallest absolute Gasteiger partial charge is 0.265 e. The van der Waals surface area contributed by atoms with Crippen molar-refractivity contribution in [2.75, 3.05) is 0 Å². The summed E-state index contributed by atoms with van der Waals surface area (Å²) in [5, 5.41) is 0.443. The van der Waals surface area contributed by atoms with E-state index >= 15 is 0 Å². The molecule has 0 amide bonds. The Bertz CT molecular complexity index is 612. The Balaban J connectivity index is 2.41. The van der Waals surface area contributed by atoms with Crippen molar-refractivity contribution in [2.45, 2.75) is 6.54 Å². The zero-order valence-electron chi connectivity index (χ0n) is 8.66. The van der Waals surface area contributed by atoms with Crippen LogP contribution in [0.2, 0.25) is 5.02 Å². The van der Waals surface area contributed by atoms with Gasteiger partial charge in [0, 0.05) is 11.2 Å². The van der Waals surface area contributed by atoms with Crippen LogP contribution in [0.4, 0.5) is 4.39 Å². The van der Waals surface area contributed by atoms with Crippen molar-refractivity contribution in [2.24, 2.45) is 0 Å². The molecular formula is C12H8BrClFNO. The Morgan fingerprint density at radius 2 is 2.12 bits per heavy atom. The predicted molar refractivity (Wildman–Crippen MR) is 68.9 cm³/mol. The second-order valence-electron chi connectivity index (χ2n) is 3.52. The molecule has 0 atom stereocenters. The molecule has 1 aromatic carbocycles. The molecule has 0 fully saturated rings. The molecule has 17 heavy (non-hydrogen) atoms. The highest BCUT2D eigenvalue weighted by Gasteiger charge is 2.05. The number of pyridine rings is 1. The van der Waals surface area contributed by atoms with Crippen LogP contribution in [0.5, 0.6) is 0 Å². The van der Waals surface area contributed by atoms with Crippen LogP contribution in [0.15, 0.2) is 45.8 Å². The van der Waals surface area contributed by atoms with Crippen molar-refractivity contribution in [3.63, 3.8) is 0 Å². The van der Waals surface area contributed by atoms with E-state index in [4.69, 9.17) is 11.6 Å². The van der Waals surface area contributed by atoms with Gasteiger partial charge in [0.05, 0.1) is 11.0 Å². The third-order valence-electron chi connectivity index (χ3n) is 2.32. The highest BCUT2D eigenvalue weighted by Crippen LogP contribution is 2.17. The molecule has 0 aliphatic heterocycles. The van der Waals surface area contributed by atoms with E-state index in [1.165, 1.54) is 22.8 Å². The summed E-state index contributed by atoms with van der Waals surface area (Å²) in [6.45, 7) is 0.245. The van der Waals surface area contributed by atoms with Crippen molar-refractivity contribution in [1.29, 1.82) is 0 Å². The van der Waals surface area contributed by atoms with E-state index in [0.717, 1.165) is 0 Å². The van der Waals surface area contributed by atoms with Gasteiger partial charge in [0.2, 0.25) is 0 Å². The van der Waals surface area contributed by atoms with E-state index in [-0.39, 0.29) is 17.9 Å². The van der Waals surface area contributed by atoms with Crippen LogP contribution in [0.1, 0.15) is 5.56 Å². The summed E-state index contributed by atoms with van der Waals surface area (Å²) in [5.74, 6) is -0.368. The Morgan fingerprint density at radius 3 is 2.88 bits per heavy atom. The molecule has 0 bridgehead atoms. The topological polar surface area (TPSA) is 22.0 Å². The zero-order chi connectivity index (χ0) is 12.4. The van der Waals surface area contributed by atoms with Gasteiger partial charge < -0.3 is 4.57 Å². The van der Waals surface area contributed by atoms with Gasteiger partial charge in [-0.1, -0.05) is 11.6 Å². The lowest BCUT2D eigenvalue weighted by atomic mass is 10.2. The molecule has 0 spiro atoms. The standard InChI is InChI=1S/C12H8BrClFNO/c13-10-2-1-5-16(12(10)17)7-8-6-9(15)3-4-11(8)14/h1-6H,7H2. The van der Waals surface area contributed by atoms with Gasteiger partial charge in [-0.3, -0.25) is 4.79 Å². The number of hydrogen-bond donors (Lipinski definition) is 0. The number of aromatic nitrogens is 1. The third kappa shape index (κ3) is 2.76. The second-order valence-corrected chi connectivity index (χ2v) is 4.79. The molecule has 1 heterocycles. The van der Waals surface area contributed by atoms with Gasteiger partial charge in [-0.25, -0.2) is 4.39 Å². The zero-order valence-corrected chi connectivity index (χ0v) is 11.0. The van der Waals surface area contributed by atoms with Gasteiger partial charge in [-0.05, 0) is 51.8 Å². The monoisotopic (exact) mass is 315 g/mol. The molecule has 1 aromatic heterocycles. The average molecular weight is 317 g/mol. The summed E-state index contributed by atoms with van der Waals surface area (Å²) < 4.78 is 15.0. The number of nitrogens with zero attached hydrogens (tertiary/aromatic N) is 1. The van der Waals surface area contributed by atoms with Crippen molar-refractivity contribution >= 4 is 27.5 Å². The third-order valence-corrected chi connectivity index (χ3v) is 3.29. The minimum atomic E-state index is -0.368. The molecule has 2 nitrogen and oxygen atoms in total. The van der Waals surface area contributed by atoms with E-state index in [1.54, 1.807) is 18.3 Å². The lowest BCUT2D eigenvalue weighted by Gasteiger charge is -2.07. The van der Waals surface area contributed by atoms with E-state index in [2.05, 4.69) is 15.9 Å². The summed E-state index contributed by atoms with van der Waals surface area (Å²) in [6.07, 6.45) is 1.63. The quantitative estimate of drug-likeness (QED) is 0.832. The number of benzene rings is 1. The summed E-state index contributed by atoms with van der Waals surface area (Å²) in [7, 11) is 0. The highest BCUT2D eigenvalue weighted by molar-refractivity contribution is 9.10. The summed E-state index contributed by atoms with van der Waals surface area (Å²) in [4.78, 5) is 11.7. The molecule has 5 heteroatoms. The normalized spacial score (nSPS) is 10.5. The fraction of sp³-hybridized carbons (Fsp3) is 0.0833. The molecule has 0 N–H and O–H groups in total. The van der Waals surface area contributed by atoms with Crippen molar-refractivity contribution in [3.05, 3.63) is 67.8 Å². The van der Waals surface area contributed by atoms with Crippen LogP contribution in [0, 0.1) is 5.82 Å². The number of halogens is 3. The molecule has 0 aliphatic rings. The largest absolute Gasteiger partial charge is 0.310 e. The first kappa shape index (κ1) is 12.3. The lowest BCUT2D eigenvalue weighted by molar-refractivity contribution is 0.622. The van der Waals surface area contributed by atoms with Gasteiger partial charge in [-0.2, -0.15) is 0 Å². The van der Waals surface area contributed by atoms with E-state index in [0.29, 0.717) is 15.1 Å². The van der Waals surface area contributed by atoms with E-state index < -0.39 is 0 Å². The van der Waals surface area contributed by atoms with Crippen LogP contribution in [0.25, 0.3) is 0 Å². The molecular weight excluding hydrogens is 308 g/mol. The van der Waals surface area contributed by atoms with Crippen molar-refractivity contribution in [3.8, 4) is 0 Å². The van der Waals surface area contributed by atoms with Gasteiger partial charge in [0.1, 0.15) is 5.82 Å². The first-order valence-corrected chi connectivity index (χ1v) is 6.04. The Labute approximate surface area is 111 Å². The summed E-state index contributed by atoms with van der Waals surface area (Å²) in [6, 6.07) is 7.49. The number of hydrogen-bond acceptors (Lipinski definition) is 1. The Kier molecular flexibility index (Phi) is 3.64. The van der Waals surface area contributed by atoms with Gasteiger partial charge in [0.25, 0.3) is 5.56 Å². The number of rotatable bonds is 2. The first-order chi connectivity index (χ1) is 8.08. The van der Waals surface area contributed by atoms with Crippen LogP contribution in [0.3, 0.4) is 0 Å². The Hall–Kier alpha value is -1.13. The molecule has 0 saturated carbocycles. The predicted octanol–water partition coefficient (Wildman–Crippen LogP) is 3.45. The maximum atomic E-state index is 13.1. The maximum Gasteiger partial charge on any atom is 0.265 e. The molecule has 88 valence electrons. The van der Waals surface area contributed by atoms with Crippen LogP contribution < -0.4 is 5.56 Å². The summed E-state index contributed by atoms with van der Waals surface area (Å²) >= 11 is 9.10. The van der Waals surface area contributed by atoms with Crippen LogP contribution >= 0.6 is 27.5 Å². The van der Waals surface area contributed by atoms with Gasteiger partial charge in [-0.15, -0.1) is 0 Å². The van der Waals surface area contributed by atoms with Gasteiger partial charge in [0.15, 0.2) is 0 Å². The molecule has 0 unspecified atom stereocenters. The van der Waals surface area contributed by atoms with Crippen LogP contribution in [-0.4, -0.2) is 4.57 Å². The average Bonchev–Trinajstić information content (AvgIpc) is 2.30. The SMILES string of the molecule is O=c1c(Br)cccn1Cc1cc(F)ccc1Cl. The molecule has 0 saturated heterocycles. The molecule has 0 aliphatic carbocycles. The van der Waals surface area contributed by atoms with Crippen molar-refractivity contribution < 1.29 is 4.39 Å². The Morgan fingerprint density at radius 1 is 1.35 bits per heavy atom. The van der Waals surface area contributed by atoms with E-state index in [1.807, 2.05) is 0 Å².